The lowest BCUT2D eigenvalue weighted by Gasteiger charge is -2.26. The van der Waals surface area contributed by atoms with Gasteiger partial charge in [0.2, 0.25) is 5.69 Å². The molecule has 0 spiro atoms. The van der Waals surface area contributed by atoms with E-state index >= 15 is 0 Å². The van der Waals surface area contributed by atoms with Gasteiger partial charge in [-0.15, -0.1) is 0 Å². The lowest BCUT2D eigenvalue weighted by molar-refractivity contribution is -0.432. The van der Waals surface area contributed by atoms with E-state index in [0.717, 1.165) is 5.57 Å². The molecule has 0 amide bonds. The lowest BCUT2D eigenvalue weighted by Crippen LogP contribution is -2.30. The third-order valence-electron chi connectivity index (χ3n) is 8.80. The monoisotopic (exact) mass is 1020 g/mol. The van der Waals surface area contributed by atoms with Crippen LogP contribution in [0.25, 0.3) is 0 Å². The number of benzene rings is 2. The summed E-state index contributed by atoms with van der Waals surface area (Å²) in [6.07, 6.45) is 10.5. The summed E-state index contributed by atoms with van der Waals surface area (Å²) in [5.74, 6) is -1.19. The number of hydrogen-bond donors (Lipinski definition) is 4. The number of allylic oxidation sites excluding steroid dienone is 8. The SMILES string of the molecule is CC(/C=C/C=C1/N(CCS(=O)(=O)O)c2cc([123I])c(S(=O)(=O)O)cc2C1(C)C)=C\C=C\C1=[N+](CCS(=O)(=O)O)c2ccc(S(=O)(=O)O)c([124I])c2C1(C)C. The normalized spacial score (nSPS) is 18.6. The predicted molar refractivity (Wildman–Crippen MR) is 214 cm³/mol. The molecule has 0 aromatic heterocycles. The molecule has 0 aliphatic carbocycles. The zero-order valence-corrected chi connectivity index (χ0v) is 36.0. The van der Waals surface area contributed by atoms with Crippen molar-refractivity contribution in [2.75, 3.05) is 29.5 Å². The number of anilines is 1. The summed E-state index contributed by atoms with van der Waals surface area (Å²) in [5.41, 5.74) is 2.38. The number of nitrogens with zero attached hydrogens (tertiary/aromatic N) is 2. The fourth-order valence-electron chi connectivity index (χ4n) is 6.36. The molecule has 20 heteroatoms. The van der Waals surface area contributed by atoms with Gasteiger partial charge in [0.25, 0.3) is 40.5 Å². The van der Waals surface area contributed by atoms with E-state index in [1.807, 2.05) is 50.3 Å². The fraction of sp³-hybridized carbons (Fsp3) is 0.344. The highest BCUT2D eigenvalue weighted by Crippen LogP contribution is 2.49. The van der Waals surface area contributed by atoms with Gasteiger partial charge in [-0.25, -0.2) is 0 Å². The van der Waals surface area contributed by atoms with Crippen molar-refractivity contribution in [3.05, 3.63) is 90.3 Å². The summed E-state index contributed by atoms with van der Waals surface area (Å²) >= 11 is 3.61. The van der Waals surface area contributed by atoms with Gasteiger partial charge in [0, 0.05) is 42.6 Å². The zero-order valence-electron chi connectivity index (χ0n) is 28.4. The van der Waals surface area contributed by atoms with Gasteiger partial charge in [0.15, 0.2) is 12.3 Å². The van der Waals surface area contributed by atoms with Crippen LogP contribution in [0.3, 0.4) is 0 Å². The lowest BCUT2D eigenvalue weighted by atomic mass is 9.81. The Hall–Kier alpha value is -2.03. The number of halogens is 2. The molecule has 4 N–H and O–H groups in total. The average molecular weight is 1020 g/mol. The maximum atomic E-state index is 12.1. The summed E-state index contributed by atoms with van der Waals surface area (Å²) < 4.78 is 136. The highest BCUT2D eigenvalue weighted by atomic mass is 124. The van der Waals surface area contributed by atoms with Gasteiger partial charge in [-0.1, -0.05) is 43.7 Å². The first-order valence-electron chi connectivity index (χ1n) is 15.3. The van der Waals surface area contributed by atoms with E-state index in [4.69, 9.17) is 0 Å². The first-order valence-corrected chi connectivity index (χ1v) is 23.5. The minimum absolute atomic E-state index is 0.135. The first-order chi connectivity index (χ1) is 23.6. The summed E-state index contributed by atoms with van der Waals surface area (Å²) in [6, 6.07) is 5.62. The van der Waals surface area contributed by atoms with Crippen molar-refractivity contribution >= 4 is 103 Å². The van der Waals surface area contributed by atoms with Gasteiger partial charge >= 0.3 is 0 Å². The quantitative estimate of drug-likeness (QED) is 0.0921. The fourth-order valence-corrected chi connectivity index (χ4v) is 11.6. The van der Waals surface area contributed by atoms with Crippen molar-refractivity contribution < 1.29 is 56.5 Å². The first kappa shape index (κ1) is 42.7. The molecule has 2 aromatic carbocycles. The van der Waals surface area contributed by atoms with E-state index in [-0.39, 0.29) is 30.0 Å². The molecule has 0 saturated carbocycles. The van der Waals surface area contributed by atoms with E-state index in [1.165, 1.54) is 24.3 Å². The minimum Gasteiger partial charge on any atom is -0.343 e. The van der Waals surface area contributed by atoms with Crippen molar-refractivity contribution in [3.8, 4) is 0 Å². The van der Waals surface area contributed by atoms with E-state index in [9.17, 15) is 51.9 Å². The smallest absolute Gasteiger partial charge is 0.295 e. The van der Waals surface area contributed by atoms with Gasteiger partial charge in [0.1, 0.15) is 15.5 Å². The van der Waals surface area contributed by atoms with Gasteiger partial charge in [-0.2, -0.15) is 38.2 Å². The van der Waals surface area contributed by atoms with Gasteiger partial charge < -0.3 is 4.90 Å². The van der Waals surface area contributed by atoms with E-state index in [1.54, 1.807) is 75.4 Å². The van der Waals surface area contributed by atoms with Crippen LogP contribution in [0, 0.1) is 7.14 Å². The summed E-state index contributed by atoms with van der Waals surface area (Å²) in [7, 11) is -17.8. The third-order valence-corrected chi connectivity index (χ3v) is 14.7. The molecule has 0 radical (unpaired) electrons. The largest absolute Gasteiger partial charge is 0.343 e. The Morgan fingerprint density at radius 1 is 0.865 bits per heavy atom. The molecule has 52 heavy (non-hydrogen) atoms. The second kappa shape index (κ2) is 14.9. The Morgan fingerprint density at radius 2 is 1.46 bits per heavy atom. The molecule has 2 aromatic rings. The average Bonchev–Trinajstić information content (AvgIpc) is 3.30. The Kier molecular flexibility index (Phi) is 12.2. The standard InChI is InChI=1S/C32H36I2N2O12S4/c1-20(8-6-10-27-31(2,3)21-18-26(52(46,47)48)22(33)19-24(21)36(27)15-17-50(40,41)42)9-7-11-28-32(4,5)29-23(35(28)14-16-49(37,38)39)12-13-25(30(29)34)51(43,44)45/h6-13,18-19H,14-17H2,1-5H3,(H3-,37,38,39,40,41,42,43,44,45,46,47,48)/p+1/i33-4,34-3. The molecular weight excluding hydrogens is 979 g/mol. The Morgan fingerprint density at radius 3 is 2.02 bits per heavy atom. The van der Waals surface area contributed by atoms with E-state index < -0.39 is 62.8 Å². The molecule has 0 fully saturated rings. The Balaban J connectivity index is 1.72. The predicted octanol–water partition coefficient (Wildman–Crippen LogP) is 5.28. The van der Waals surface area contributed by atoms with Crippen LogP contribution in [0.4, 0.5) is 11.4 Å². The Labute approximate surface area is 331 Å². The summed E-state index contributed by atoms with van der Waals surface area (Å²) in [6.45, 7) is 8.82. The number of fused-ring (bicyclic) bond motifs is 2. The van der Waals surface area contributed by atoms with Gasteiger partial charge in [-0.3, -0.25) is 18.2 Å². The minimum atomic E-state index is -4.55. The molecule has 14 nitrogen and oxygen atoms in total. The second-order valence-corrected chi connectivity index (χ2v) is 21.4. The summed E-state index contributed by atoms with van der Waals surface area (Å²) in [4.78, 5) is 1.11. The topological polar surface area (TPSA) is 224 Å². The van der Waals surface area contributed by atoms with Crippen LogP contribution in [-0.4, -0.2) is 86.8 Å². The molecule has 2 aliphatic rings. The second-order valence-electron chi connectivity index (χ2n) is 13.2. The van der Waals surface area contributed by atoms with Crippen molar-refractivity contribution in [2.45, 2.75) is 55.2 Å². The molecule has 0 bridgehead atoms. The van der Waals surface area contributed by atoms with Crippen molar-refractivity contribution in [1.29, 1.82) is 0 Å². The van der Waals surface area contributed by atoms with Crippen molar-refractivity contribution in [1.82, 2.24) is 0 Å². The van der Waals surface area contributed by atoms with Gasteiger partial charge in [0.05, 0.1) is 16.7 Å². The van der Waals surface area contributed by atoms with E-state index in [0.29, 0.717) is 33.9 Å². The van der Waals surface area contributed by atoms with Crippen LogP contribution in [0.5, 0.6) is 0 Å². The third kappa shape index (κ3) is 9.25. The maximum Gasteiger partial charge on any atom is 0.295 e. The molecule has 2 heterocycles. The molecule has 0 saturated heterocycles. The van der Waals surface area contributed by atoms with Crippen LogP contribution in [0.15, 0.2) is 81.8 Å². The van der Waals surface area contributed by atoms with Crippen LogP contribution >= 0.6 is 45.2 Å². The molecular formula is C32H37I2N2O12S4+. The highest BCUT2D eigenvalue weighted by Gasteiger charge is 2.47. The zero-order chi connectivity index (χ0) is 39.4. The van der Waals surface area contributed by atoms with Crippen molar-refractivity contribution in [2.24, 2.45) is 0 Å². The van der Waals surface area contributed by atoms with Crippen LogP contribution in [-0.2, 0) is 51.3 Å². The summed E-state index contributed by atoms with van der Waals surface area (Å²) in [5, 5.41) is 0. The molecule has 284 valence electrons. The molecule has 4 rings (SSSR count). The maximum absolute atomic E-state index is 12.1. The number of hydrogen-bond acceptors (Lipinski definition) is 9. The molecule has 0 atom stereocenters. The van der Waals surface area contributed by atoms with Crippen molar-refractivity contribution in [3.63, 3.8) is 0 Å². The van der Waals surface area contributed by atoms with E-state index in [2.05, 4.69) is 0 Å². The van der Waals surface area contributed by atoms with Crippen LogP contribution < -0.4 is 4.90 Å². The highest BCUT2D eigenvalue weighted by molar-refractivity contribution is 14.1. The van der Waals surface area contributed by atoms with Crippen LogP contribution in [0.1, 0.15) is 45.7 Å². The van der Waals surface area contributed by atoms with Crippen LogP contribution in [0.2, 0.25) is 0 Å². The molecule has 0 unspecified atom stereocenters. The van der Waals surface area contributed by atoms with Gasteiger partial charge in [-0.05, 0) is 95.8 Å². The molecule has 2 aliphatic heterocycles. The number of rotatable bonds is 12. The Bertz CT molecular complexity index is 2450.